The van der Waals surface area contributed by atoms with Crippen LogP contribution in [-0.2, 0) is 6.42 Å². The quantitative estimate of drug-likeness (QED) is 0.737. The lowest BCUT2D eigenvalue weighted by Gasteiger charge is -2.15. The van der Waals surface area contributed by atoms with Crippen LogP contribution in [0.1, 0.15) is 29.3 Å². The molecule has 1 atom stereocenters. The summed E-state index contributed by atoms with van der Waals surface area (Å²) < 4.78 is 5.82. The third-order valence-electron chi connectivity index (χ3n) is 3.41. The van der Waals surface area contributed by atoms with Gasteiger partial charge in [-0.1, -0.05) is 30.7 Å². The highest BCUT2D eigenvalue weighted by Gasteiger charge is 2.20. The van der Waals surface area contributed by atoms with Gasteiger partial charge in [-0.3, -0.25) is 0 Å². The molecular weight excluding hydrogens is 304 g/mol. The fourth-order valence-electron chi connectivity index (χ4n) is 2.37. The number of hydrogen-bond acceptors (Lipinski definition) is 4. The average molecular weight is 321 g/mol. The van der Waals surface area contributed by atoms with Crippen molar-refractivity contribution in [3.05, 3.63) is 51.0 Å². The summed E-state index contributed by atoms with van der Waals surface area (Å²) in [6.07, 6.45) is 0.697. The van der Waals surface area contributed by atoms with Gasteiger partial charge in [0.25, 0.3) is 0 Å². The van der Waals surface area contributed by atoms with Crippen molar-refractivity contribution in [1.82, 2.24) is 10.3 Å². The minimum absolute atomic E-state index is 0.134. The summed E-state index contributed by atoms with van der Waals surface area (Å²) >= 11 is 8.09. The summed E-state index contributed by atoms with van der Waals surface area (Å²) in [6.45, 7) is 5.00. The topological polar surface area (TPSA) is 38.1 Å². The molecule has 0 saturated heterocycles. The van der Waals surface area contributed by atoms with Gasteiger partial charge in [0.05, 0.1) is 11.1 Å². The Labute approximate surface area is 133 Å². The summed E-state index contributed by atoms with van der Waals surface area (Å²) in [6, 6.07) is 7.96. The van der Waals surface area contributed by atoms with Crippen LogP contribution in [0.4, 0.5) is 0 Å². The van der Waals surface area contributed by atoms with Crippen LogP contribution in [0, 0.1) is 6.92 Å². The van der Waals surface area contributed by atoms with Crippen LogP contribution < -0.4 is 5.32 Å². The molecule has 1 unspecified atom stereocenters. The Kier molecular flexibility index (Phi) is 4.29. The van der Waals surface area contributed by atoms with E-state index in [1.807, 2.05) is 31.2 Å². The van der Waals surface area contributed by atoms with Crippen LogP contribution in [0.2, 0.25) is 5.02 Å². The molecule has 0 spiro atoms. The van der Waals surface area contributed by atoms with E-state index < -0.39 is 0 Å². The van der Waals surface area contributed by atoms with E-state index >= 15 is 0 Å². The fourth-order valence-corrected chi connectivity index (χ4v) is 3.77. The average Bonchev–Trinajstić information content (AvgIpc) is 3.02. The Bertz CT molecular complexity index is 717. The standard InChI is InChI=1S/C16H17ClN2OS/c1-3-18-12(16-15(17)10(2)9-21-16)8-14-19-11-6-4-5-7-13(11)20-14/h4-7,9,12,18H,3,8H2,1-2H3. The largest absolute Gasteiger partial charge is 0.441 e. The van der Waals surface area contributed by atoms with E-state index in [-0.39, 0.29) is 6.04 Å². The first kappa shape index (κ1) is 14.6. The summed E-state index contributed by atoms with van der Waals surface area (Å²) in [5.41, 5.74) is 2.85. The zero-order valence-electron chi connectivity index (χ0n) is 12.0. The molecule has 1 aromatic carbocycles. The number of thiophene rings is 1. The van der Waals surface area contributed by atoms with Gasteiger partial charge in [-0.15, -0.1) is 11.3 Å². The second kappa shape index (κ2) is 6.18. The summed E-state index contributed by atoms with van der Waals surface area (Å²) in [4.78, 5) is 5.70. The van der Waals surface area contributed by atoms with Crippen LogP contribution in [0.5, 0.6) is 0 Å². The summed E-state index contributed by atoms with van der Waals surface area (Å²) in [5.74, 6) is 0.740. The lowest BCUT2D eigenvalue weighted by Crippen LogP contribution is -2.22. The highest BCUT2D eigenvalue weighted by molar-refractivity contribution is 7.10. The first-order chi connectivity index (χ1) is 10.2. The van der Waals surface area contributed by atoms with E-state index in [0.29, 0.717) is 6.42 Å². The first-order valence-electron chi connectivity index (χ1n) is 7.00. The fraction of sp³-hybridized carbons (Fsp3) is 0.312. The minimum Gasteiger partial charge on any atom is -0.441 e. The Hall–Kier alpha value is -1.36. The third-order valence-corrected chi connectivity index (χ3v) is 5.24. The van der Waals surface area contributed by atoms with Crippen LogP contribution in [0.15, 0.2) is 34.1 Å². The van der Waals surface area contributed by atoms with Crippen molar-refractivity contribution >= 4 is 34.0 Å². The molecule has 0 fully saturated rings. The molecule has 21 heavy (non-hydrogen) atoms. The van der Waals surface area contributed by atoms with E-state index in [4.69, 9.17) is 16.0 Å². The molecule has 1 N–H and O–H groups in total. The van der Waals surface area contributed by atoms with Crippen molar-refractivity contribution < 1.29 is 4.42 Å². The van der Waals surface area contributed by atoms with Crippen molar-refractivity contribution in [1.29, 1.82) is 0 Å². The predicted molar refractivity (Wildman–Crippen MR) is 88.2 cm³/mol. The summed E-state index contributed by atoms with van der Waals surface area (Å²) in [7, 11) is 0. The van der Waals surface area contributed by atoms with Crippen LogP contribution in [0.25, 0.3) is 11.1 Å². The Morgan fingerprint density at radius 2 is 2.19 bits per heavy atom. The van der Waals surface area contributed by atoms with E-state index in [0.717, 1.165) is 39.0 Å². The van der Waals surface area contributed by atoms with Crippen molar-refractivity contribution in [3.8, 4) is 0 Å². The SMILES string of the molecule is CCNC(Cc1nc2ccccc2o1)c1scc(C)c1Cl. The maximum absolute atomic E-state index is 6.40. The van der Waals surface area contributed by atoms with Crippen LogP contribution in [0.3, 0.4) is 0 Å². The number of para-hydroxylation sites is 2. The van der Waals surface area contributed by atoms with Gasteiger partial charge in [-0.2, -0.15) is 0 Å². The van der Waals surface area contributed by atoms with Gasteiger partial charge >= 0.3 is 0 Å². The Balaban J connectivity index is 1.89. The number of aryl methyl sites for hydroxylation is 1. The molecule has 3 nitrogen and oxygen atoms in total. The lowest BCUT2D eigenvalue weighted by atomic mass is 10.1. The molecular formula is C16H17ClN2OS. The number of aromatic nitrogens is 1. The van der Waals surface area contributed by atoms with Crippen LogP contribution >= 0.6 is 22.9 Å². The summed E-state index contributed by atoms with van der Waals surface area (Å²) in [5, 5.41) is 6.41. The maximum Gasteiger partial charge on any atom is 0.197 e. The molecule has 0 aliphatic heterocycles. The van der Waals surface area contributed by atoms with Gasteiger partial charge < -0.3 is 9.73 Å². The zero-order valence-corrected chi connectivity index (χ0v) is 13.6. The second-order valence-corrected chi connectivity index (χ2v) is 6.28. The zero-order chi connectivity index (χ0) is 14.8. The molecule has 0 aliphatic carbocycles. The van der Waals surface area contributed by atoms with Gasteiger partial charge in [0.1, 0.15) is 5.52 Å². The maximum atomic E-state index is 6.40. The smallest absolute Gasteiger partial charge is 0.197 e. The molecule has 0 saturated carbocycles. The number of fused-ring (bicyclic) bond motifs is 1. The first-order valence-corrected chi connectivity index (χ1v) is 8.26. The molecule has 110 valence electrons. The monoisotopic (exact) mass is 320 g/mol. The van der Waals surface area contributed by atoms with Crippen molar-refractivity contribution in [3.63, 3.8) is 0 Å². The van der Waals surface area contributed by atoms with Gasteiger partial charge in [-0.05, 0) is 36.5 Å². The van der Waals surface area contributed by atoms with Gasteiger partial charge in [0, 0.05) is 11.3 Å². The van der Waals surface area contributed by atoms with Gasteiger partial charge in [0.15, 0.2) is 11.5 Å². The molecule has 0 aliphatic rings. The van der Waals surface area contributed by atoms with E-state index in [2.05, 4.69) is 22.6 Å². The number of benzene rings is 1. The normalized spacial score (nSPS) is 12.9. The number of rotatable bonds is 5. The Morgan fingerprint density at radius 3 is 2.86 bits per heavy atom. The van der Waals surface area contributed by atoms with Crippen LogP contribution in [-0.4, -0.2) is 11.5 Å². The number of oxazole rings is 1. The number of halogens is 1. The lowest BCUT2D eigenvalue weighted by molar-refractivity contribution is 0.464. The molecule has 2 heterocycles. The highest BCUT2D eigenvalue weighted by atomic mass is 35.5. The predicted octanol–water partition coefficient (Wildman–Crippen LogP) is 4.74. The highest BCUT2D eigenvalue weighted by Crippen LogP contribution is 2.34. The van der Waals surface area contributed by atoms with Crippen molar-refractivity contribution in [2.75, 3.05) is 6.54 Å². The molecule has 3 aromatic rings. The van der Waals surface area contributed by atoms with Gasteiger partial charge in [-0.25, -0.2) is 4.98 Å². The van der Waals surface area contributed by atoms with E-state index in [1.54, 1.807) is 11.3 Å². The molecule has 0 radical (unpaired) electrons. The van der Waals surface area contributed by atoms with Crippen molar-refractivity contribution in [2.24, 2.45) is 0 Å². The minimum atomic E-state index is 0.134. The van der Waals surface area contributed by atoms with Gasteiger partial charge in [0.2, 0.25) is 0 Å². The number of nitrogens with zero attached hydrogens (tertiary/aromatic N) is 1. The van der Waals surface area contributed by atoms with Crippen molar-refractivity contribution in [2.45, 2.75) is 26.3 Å². The van der Waals surface area contributed by atoms with E-state index in [1.165, 1.54) is 0 Å². The number of likely N-dealkylation sites (N-methyl/N-ethyl adjacent to an activating group) is 1. The molecule has 2 aromatic heterocycles. The number of hydrogen-bond donors (Lipinski definition) is 1. The van der Waals surface area contributed by atoms with E-state index in [9.17, 15) is 0 Å². The number of nitrogens with one attached hydrogen (secondary N) is 1. The Morgan fingerprint density at radius 1 is 1.38 bits per heavy atom. The third kappa shape index (κ3) is 2.98. The molecule has 0 bridgehead atoms. The molecule has 0 amide bonds. The molecule has 5 heteroatoms. The molecule has 3 rings (SSSR count). The second-order valence-electron chi connectivity index (χ2n) is 4.99.